The first kappa shape index (κ1) is 23.6. The molecular weight excluding hydrogens is 320 g/mol. The average Bonchev–Trinajstić information content (AvgIpc) is 2.58. The van der Waals surface area contributed by atoms with Gasteiger partial charge in [-0.3, -0.25) is 4.79 Å². The summed E-state index contributed by atoms with van der Waals surface area (Å²) in [6, 6.07) is 0. The molecule has 0 aliphatic carbocycles. The smallest absolute Gasteiger partial charge is 0.303 e. The summed E-state index contributed by atoms with van der Waals surface area (Å²) >= 11 is 0. The molecule has 5 nitrogen and oxygen atoms in total. The predicted octanol–water partition coefficient (Wildman–Crippen LogP) is 3.35. The van der Waals surface area contributed by atoms with Gasteiger partial charge in [0.1, 0.15) is 12.2 Å². The van der Waals surface area contributed by atoms with E-state index in [0.29, 0.717) is 25.7 Å². The van der Waals surface area contributed by atoms with E-state index in [2.05, 4.69) is 6.92 Å². The van der Waals surface area contributed by atoms with Crippen molar-refractivity contribution in [3.05, 3.63) is 36.5 Å². The van der Waals surface area contributed by atoms with Crippen LogP contribution in [0.4, 0.5) is 0 Å². The number of hydrogen-bond donors (Lipinski definition) is 4. The van der Waals surface area contributed by atoms with E-state index in [1.54, 1.807) is 6.08 Å². The number of aliphatic hydroxyl groups excluding tert-OH is 3. The summed E-state index contributed by atoms with van der Waals surface area (Å²) < 4.78 is 0. The normalized spacial score (nSPS) is 16.0. The minimum absolute atomic E-state index is 0.163. The Labute approximate surface area is 151 Å². The van der Waals surface area contributed by atoms with Gasteiger partial charge in [-0.1, -0.05) is 56.2 Å². The zero-order valence-electron chi connectivity index (χ0n) is 15.3. The Balaban J connectivity index is 3.92. The molecular formula is C20H34O5. The molecule has 0 spiro atoms. The molecule has 0 saturated carbocycles. The van der Waals surface area contributed by atoms with Crippen LogP contribution < -0.4 is 0 Å². The number of rotatable bonds is 15. The van der Waals surface area contributed by atoms with Gasteiger partial charge in [-0.2, -0.15) is 0 Å². The highest BCUT2D eigenvalue weighted by Gasteiger charge is 2.21. The second-order valence-corrected chi connectivity index (χ2v) is 6.17. The van der Waals surface area contributed by atoms with E-state index in [-0.39, 0.29) is 6.42 Å². The van der Waals surface area contributed by atoms with Crippen LogP contribution in [0.3, 0.4) is 0 Å². The molecule has 0 rings (SSSR count). The Bertz CT molecular complexity index is 414. The van der Waals surface area contributed by atoms with Crippen molar-refractivity contribution in [3.63, 3.8) is 0 Å². The van der Waals surface area contributed by atoms with E-state index in [4.69, 9.17) is 5.11 Å². The van der Waals surface area contributed by atoms with Crippen LogP contribution in [0.2, 0.25) is 0 Å². The zero-order valence-corrected chi connectivity index (χ0v) is 15.3. The molecule has 0 fully saturated rings. The number of carboxylic acids is 1. The van der Waals surface area contributed by atoms with Crippen molar-refractivity contribution in [3.8, 4) is 0 Å². The lowest BCUT2D eigenvalue weighted by Gasteiger charge is -2.19. The zero-order chi connectivity index (χ0) is 18.9. The number of aliphatic carboxylic acids is 1. The van der Waals surface area contributed by atoms with Crippen LogP contribution in [-0.2, 0) is 4.79 Å². The molecule has 0 heterocycles. The third-order valence-corrected chi connectivity index (χ3v) is 3.80. The van der Waals surface area contributed by atoms with Crippen molar-refractivity contribution in [1.29, 1.82) is 0 Å². The molecule has 0 aromatic heterocycles. The highest BCUT2D eigenvalue weighted by Crippen LogP contribution is 2.08. The summed E-state index contributed by atoms with van der Waals surface area (Å²) in [7, 11) is 0. The molecule has 0 bridgehead atoms. The maximum Gasteiger partial charge on any atom is 0.303 e. The number of allylic oxidation sites excluding steroid dienone is 4. The average molecular weight is 354 g/mol. The summed E-state index contributed by atoms with van der Waals surface area (Å²) in [4.78, 5) is 10.3. The van der Waals surface area contributed by atoms with E-state index in [1.165, 1.54) is 18.9 Å². The molecule has 3 unspecified atom stereocenters. The van der Waals surface area contributed by atoms with Crippen LogP contribution in [0, 0.1) is 0 Å². The number of hydrogen-bond acceptors (Lipinski definition) is 4. The largest absolute Gasteiger partial charge is 0.481 e. The predicted molar refractivity (Wildman–Crippen MR) is 100 cm³/mol. The van der Waals surface area contributed by atoms with Crippen LogP contribution in [0.5, 0.6) is 0 Å². The minimum atomic E-state index is -1.21. The van der Waals surface area contributed by atoms with Crippen molar-refractivity contribution < 1.29 is 25.2 Å². The van der Waals surface area contributed by atoms with Crippen LogP contribution in [0.1, 0.15) is 64.7 Å². The molecule has 25 heavy (non-hydrogen) atoms. The Kier molecular flexibility index (Phi) is 15.1. The quantitative estimate of drug-likeness (QED) is 0.267. The molecule has 0 aliphatic heterocycles. The Morgan fingerprint density at radius 1 is 0.920 bits per heavy atom. The van der Waals surface area contributed by atoms with Crippen LogP contribution in [-0.4, -0.2) is 44.7 Å². The second kappa shape index (κ2) is 16.1. The van der Waals surface area contributed by atoms with Gasteiger partial charge in [-0.15, -0.1) is 0 Å². The van der Waals surface area contributed by atoms with Gasteiger partial charge in [0, 0.05) is 6.42 Å². The van der Waals surface area contributed by atoms with E-state index < -0.39 is 24.3 Å². The third kappa shape index (κ3) is 14.6. The van der Waals surface area contributed by atoms with Gasteiger partial charge in [0.2, 0.25) is 0 Å². The van der Waals surface area contributed by atoms with E-state index in [1.807, 2.05) is 24.3 Å². The maximum atomic E-state index is 10.3. The molecule has 144 valence electrons. The SMILES string of the molecule is CCCCC/C=C/CC(O)C(O)C(O)/C=C/C/C=C/CCCC(=O)O. The van der Waals surface area contributed by atoms with Gasteiger partial charge in [-0.25, -0.2) is 0 Å². The van der Waals surface area contributed by atoms with Gasteiger partial charge in [0.05, 0.1) is 6.10 Å². The number of unbranched alkanes of at least 4 members (excludes halogenated alkanes) is 4. The molecule has 0 saturated heterocycles. The summed E-state index contributed by atoms with van der Waals surface area (Å²) in [5.41, 5.74) is 0. The van der Waals surface area contributed by atoms with Crippen LogP contribution in [0.15, 0.2) is 36.5 Å². The van der Waals surface area contributed by atoms with Crippen molar-refractivity contribution in [2.75, 3.05) is 0 Å². The number of carboxylic acid groups (broad SMARTS) is 1. The summed E-state index contributed by atoms with van der Waals surface area (Å²) in [6.45, 7) is 2.15. The van der Waals surface area contributed by atoms with Gasteiger partial charge in [0.25, 0.3) is 0 Å². The Hall–Kier alpha value is -1.43. The van der Waals surface area contributed by atoms with Crippen molar-refractivity contribution >= 4 is 5.97 Å². The maximum absolute atomic E-state index is 10.3. The summed E-state index contributed by atoms with van der Waals surface area (Å²) in [5.74, 6) is -0.792. The fraction of sp³-hybridized carbons (Fsp3) is 0.650. The first-order chi connectivity index (χ1) is 12.0. The first-order valence-electron chi connectivity index (χ1n) is 9.21. The summed E-state index contributed by atoms with van der Waals surface area (Å²) in [6.07, 6.45) is 14.3. The van der Waals surface area contributed by atoms with Crippen LogP contribution in [0.25, 0.3) is 0 Å². The lowest BCUT2D eigenvalue weighted by molar-refractivity contribution is -0.137. The van der Waals surface area contributed by atoms with E-state index in [9.17, 15) is 20.1 Å². The molecule has 0 radical (unpaired) electrons. The Morgan fingerprint density at radius 3 is 2.28 bits per heavy atom. The lowest BCUT2D eigenvalue weighted by atomic mass is 10.0. The highest BCUT2D eigenvalue weighted by molar-refractivity contribution is 5.66. The minimum Gasteiger partial charge on any atom is -0.481 e. The fourth-order valence-corrected chi connectivity index (χ4v) is 2.23. The van der Waals surface area contributed by atoms with Crippen molar-refractivity contribution in [1.82, 2.24) is 0 Å². The van der Waals surface area contributed by atoms with Crippen LogP contribution >= 0.6 is 0 Å². The fourth-order valence-electron chi connectivity index (χ4n) is 2.23. The van der Waals surface area contributed by atoms with Crippen molar-refractivity contribution in [2.45, 2.75) is 83.0 Å². The van der Waals surface area contributed by atoms with Crippen molar-refractivity contribution in [2.24, 2.45) is 0 Å². The second-order valence-electron chi connectivity index (χ2n) is 6.17. The lowest BCUT2D eigenvalue weighted by Crippen LogP contribution is -2.35. The molecule has 0 amide bonds. The van der Waals surface area contributed by atoms with Gasteiger partial charge in [-0.05, 0) is 38.5 Å². The van der Waals surface area contributed by atoms with Gasteiger partial charge < -0.3 is 20.4 Å². The number of carbonyl (C=O) groups is 1. The standard InChI is InChI=1S/C20H34O5/c1-2-3-4-5-8-11-14-17(21)20(25)18(22)15-12-9-6-7-10-13-16-19(23)24/h6-8,11-12,15,17-18,20-22,25H,2-5,9-10,13-14,16H2,1H3,(H,23,24)/b7-6+,11-8+,15-12+. The molecule has 5 heteroatoms. The summed E-state index contributed by atoms with van der Waals surface area (Å²) in [5, 5.41) is 38.1. The van der Waals surface area contributed by atoms with Gasteiger partial charge >= 0.3 is 5.97 Å². The topological polar surface area (TPSA) is 98.0 Å². The Morgan fingerprint density at radius 2 is 1.60 bits per heavy atom. The van der Waals surface area contributed by atoms with E-state index >= 15 is 0 Å². The third-order valence-electron chi connectivity index (χ3n) is 3.80. The monoisotopic (exact) mass is 354 g/mol. The molecule has 0 aromatic rings. The highest BCUT2D eigenvalue weighted by atomic mass is 16.4. The number of aliphatic hydroxyl groups is 3. The van der Waals surface area contributed by atoms with Gasteiger partial charge in [0.15, 0.2) is 0 Å². The molecule has 3 atom stereocenters. The molecule has 4 N–H and O–H groups in total. The first-order valence-corrected chi connectivity index (χ1v) is 9.21. The molecule has 0 aromatic carbocycles. The molecule has 0 aliphatic rings. The van der Waals surface area contributed by atoms with E-state index in [0.717, 1.165) is 12.8 Å².